The molecule has 4 rings (SSSR count). The zero-order chi connectivity index (χ0) is 14.1. The molecule has 1 unspecified atom stereocenters. The lowest BCUT2D eigenvalue weighted by Crippen LogP contribution is -2.46. The Balaban J connectivity index is 1.45. The van der Waals surface area contributed by atoms with Gasteiger partial charge in [-0.3, -0.25) is 0 Å². The lowest BCUT2D eigenvalue weighted by Gasteiger charge is -2.46. The largest absolute Gasteiger partial charge is 0.377 e. The van der Waals surface area contributed by atoms with E-state index in [2.05, 4.69) is 29.2 Å². The second kappa shape index (κ2) is 5.73. The molecule has 0 bridgehead atoms. The lowest BCUT2D eigenvalue weighted by molar-refractivity contribution is 0.0527. The number of benzene rings is 1. The highest BCUT2D eigenvalue weighted by molar-refractivity contribution is 5.37. The van der Waals surface area contributed by atoms with Gasteiger partial charge in [0, 0.05) is 13.2 Å². The van der Waals surface area contributed by atoms with Gasteiger partial charge in [-0.05, 0) is 74.6 Å². The molecular weight excluding hydrogens is 258 g/mol. The summed E-state index contributed by atoms with van der Waals surface area (Å²) < 4.78 is 5.81. The first-order chi connectivity index (χ1) is 10.4. The monoisotopic (exact) mass is 285 g/mol. The van der Waals surface area contributed by atoms with Crippen LogP contribution in [0.1, 0.15) is 49.7 Å². The Bertz CT molecular complexity index is 484. The zero-order valence-electron chi connectivity index (χ0n) is 13.0. The molecule has 0 aromatic heterocycles. The minimum atomic E-state index is 0.488. The van der Waals surface area contributed by atoms with Crippen LogP contribution in [0.15, 0.2) is 24.3 Å². The number of piperidine rings is 1. The topological polar surface area (TPSA) is 12.5 Å². The molecule has 1 aromatic carbocycles. The average molecular weight is 285 g/mol. The summed E-state index contributed by atoms with van der Waals surface area (Å²) in [4.78, 5) is 2.65. The summed E-state index contributed by atoms with van der Waals surface area (Å²) >= 11 is 0. The van der Waals surface area contributed by atoms with E-state index in [1.54, 1.807) is 11.1 Å². The molecule has 2 fully saturated rings. The molecule has 3 aliphatic rings. The van der Waals surface area contributed by atoms with Gasteiger partial charge in [0.1, 0.15) is 0 Å². The van der Waals surface area contributed by atoms with Crippen molar-refractivity contribution in [2.75, 3.05) is 26.2 Å². The highest BCUT2D eigenvalue weighted by Crippen LogP contribution is 2.44. The minimum Gasteiger partial charge on any atom is -0.377 e. The summed E-state index contributed by atoms with van der Waals surface area (Å²) in [6.45, 7) is 4.66. The number of ether oxygens (including phenoxy) is 1. The van der Waals surface area contributed by atoms with Crippen LogP contribution in [0.2, 0.25) is 0 Å². The Hall–Kier alpha value is -0.860. The molecule has 1 aromatic rings. The molecule has 114 valence electrons. The van der Waals surface area contributed by atoms with E-state index in [9.17, 15) is 0 Å². The van der Waals surface area contributed by atoms with Crippen LogP contribution in [0.4, 0.5) is 0 Å². The maximum atomic E-state index is 5.81. The Morgan fingerprint density at radius 2 is 1.95 bits per heavy atom. The van der Waals surface area contributed by atoms with Gasteiger partial charge < -0.3 is 9.64 Å². The summed E-state index contributed by atoms with van der Waals surface area (Å²) in [6, 6.07) is 9.22. The molecule has 21 heavy (non-hydrogen) atoms. The van der Waals surface area contributed by atoms with Crippen molar-refractivity contribution in [3.05, 3.63) is 35.4 Å². The first-order valence-electron chi connectivity index (χ1n) is 8.78. The van der Waals surface area contributed by atoms with Crippen molar-refractivity contribution in [1.29, 1.82) is 0 Å². The molecule has 0 amide bonds. The number of hydrogen-bond donors (Lipinski definition) is 0. The fourth-order valence-corrected chi connectivity index (χ4v) is 4.77. The highest BCUT2D eigenvalue weighted by atomic mass is 16.5. The van der Waals surface area contributed by atoms with Crippen LogP contribution in [-0.2, 0) is 16.6 Å². The summed E-state index contributed by atoms with van der Waals surface area (Å²) in [5, 5.41) is 0. The zero-order valence-corrected chi connectivity index (χ0v) is 13.0. The van der Waals surface area contributed by atoms with Gasteiger partial charge in [-0.2, -0.15) is 0 Å². The molecule has 2 heterocycles. The van der Waals surface area contributed by atoms with E-state index < -0.39 is 0 Å². The third kappa shape index (κ3) is 2.64. The van der Waals surface area contributed by atoms with Crippen molar-refractivity contribution in [1.82, 2.24) is 4.90 Å². The molecule has 1 spiro atoms. The average Bonchev–Trinajstić information content (AvgIpc) is 3.03. The van der Waals surface area contributed by atoms with Crippen LogP contribution in [0.3, 0.4) is 0 Å². The Morgan fingerprint density at radius 3 is 2.76 bits per heavy atom. The Labute approximate surface area is 128 Å². The molecular formula is C19H27NO. The molecule has 0 saturated carbocycles. The van der Waals surface area contributed by atoms with Crippen LogP contribution in [0.5, 0.6) is 0 Å². The molecule has 1 aliphatic carbocycles. The predicted molar refractivity (Wildman–Crippen MR) is 85.7 cm³/mol. The standard InChI is InChI=1S/C19H27NO/c1-2-8-18-16(5-1)6-3-9-19(18)10-12-20(13-11-19)15-17-7-4-14-21-17/h1-2,5,8,17H,3-4,6-7,9-15H2. The number of nitrogens with zero attached hydrogens (tertiary/aromatic N) is 1. The second-order valence-electron chi connectivity index (χ2n) is 7.23. The van der Waals surface area contributed by atoms with E-state index >= 15 is 0 Å². The molecule has 1 atom stereocenters. The fourth-order valence-electron chi connectivity index (χ4n) is 4.77. The number of rotatable bonds is 2. The van der Waals surface area contributed by atoms with Crippen LogP contribution >= 0.6 is 0 Å². The van der Waals surface area contributed by atoms with E-state index in [0.29, 0.717) is 11.5 Å². The molecule has 2 nitrogen and oxygen atoms in total. The van der Waals surface area contributed by atoms with Crippen molar-refractivity contribution in [3.8, 4) is 0 Å². The van der Waals surface area contributed by atoms with Gasteiger partial charge in [0.25, 0.3) is 0 Å². The van der Waals surface area contributed by atoms with Gasteiger partial charge >= 0.3 is 0 Å². The highest BCUT2D eigenvalue weighted by Gasteiger charge is 2.39. The SMILES string of the molecule is c1ccc2c(c1)CCCC21CCN(CC2CCCO2)CC1. The maximum absolute atomic E-state index is 5.81. The minimum absolute atomic E-state index is 0.488. The maximum Gasteiger partial charge on any atom is 0.0702 e. The second-order valence-corrected chi connectivity index (χ2v) is 7.23. The summed E-state index contributed by atoms with van der Waals surface area (Å²) in [6.07, 6.45) is 9.80. The molecule has 0 radical (unpaired) electrons. The van der Waals surface area contributed by atoms with Crippen molar-refractivity contribution < 1.29 is 4.74 Å². The van der Waals surface area contributed by atoms with Crippen LogP contribution in [0, 0.1) is 0 Å². The third-order valence-electron chi connectivity index (χ3n) is 5.99. The van der Waals surface area contributed by atoms with E-state index in [1.807, 2.05) is 0 Å². The smallest absolute Gasteiger partial charge is 0.0702 e. The molecule has 2 heteroatoms. The first kappa shape index (κ1) is 13.8. The first-order valence-corrected chi connectivity index (χ1v) is 8.78. The van der Waals surface area contributed by atoms with Crippen molar-refractivity contribution in [3.63, 3.8) is 0 Å². The summed E-state index contributed by atoms with van der Waals surface area (Å²) in [7, 11) is 0. The Kier molecular flexibility index (Phi) is 3.76. The van der Waals surface area contributed by atoms with Gasteiger partial charge in [-0.1, -0.05) is 24.3 Å². The predicted octanol–water partition coefficient (Wildman–Crippen LogP) is 3.54. The van der Waals surface area contributed by atoms with E-state index in [1.165, 1.54) is 58.0 Å². The van der Waals surface area contributed by atoms with E-state index in [0.717, 1.165) is 13.2 Å². The number of likely N-dealkylation sites (tertiary alicyclic amines) is 1. The van der Waals surface area contributed by atoms with Crippen LogP contribution in [-0.4, -0.2) is 37.2 Å². The van der Waals surface area contributed by atoms with Gasteiger partial charge in [0.15, 0.2) is 0 Å². The van der Waals surface area contributed by atoms with E-state index in [4.69, 9.17) is 4.74 Å². The Morgan fingerprint density at radius 1 is 1.10 bits per heavy atom. The third-order valence-corrected chi connectivity index (χ3v) is 5.99. The molecule has 2 saturated heterocycles. The summed E-state index contributed by atoms with van der Waals surface area (Å²) in [5.74, 6) is 0. The van der Waals surface area contributed by atoms with Crippen molar-refractivity contribution in [2.45, 2.75) is 56.5 Å². The van der Waals surface area contributed by atoms with Crippen LogP contribution < -0.4 is 0 Å². The van der Waals surface area contributed by atoms with Gasteiger partial charge in [0.05, 0.1) is 6.10 Å². The van der Waals surface area contributed by atoms with Crippen molar-refractivity contribution in [2.24, 2.45) is 0 Å². The van der Waals surface area contributed by atoms with Gasteiger partial charge in [-0.25, -0.2) is 0 Å². The van der Waals surface area contributed by atoms with E-state index in [-0.39, 0.29) is 0 Å². The molecule has 2 aliphatic heterocycles. The van der Waals surface area contributed by atoms with Crippen molar-refractivity contribution >= 4 is 0 Å². The summed E-state index contributed by atoms with van der Waals surface area (Å²) in [5.41, 5.74) is 3.78. The van der Waals surface area contributed by atoms with Crippen LogP contribution in [0.25, 0.3) is 0 Å². The number of hydrogen-bond acceptors (Lipinski definition) is 2. The lowest BCUT2D eigenvalue weighted by atomic mass is 9.65. The molecule has 0 N–H and O–H groups in total. The van der Waals surface area contributed by atoms with Gasteiger partial charge in [0.2, 0.25) is 0 Å². The quantitative estimate of drug-likeness (QED) is 0.824. The normalized spacial score (nSPS) is 28.7. The van der Waals surface area contributed by atoms with Gasteiger partial charge in [-0.15, -0.1) is 0 Å². The fraction of sp³-hybridized carbons (Fsp3) is 0.684. The number of fused-ring (bicyclic) bond motifs is 2. The number of aryl methyl sites for hydroxylation is 1.